The van der Waals surface area contributed by atoms with Crippen LogP contribution in [0.2, 0.25) is 0 Å². The van der Waals surface area contributed by atoms with Crippen LogP contribution in [0.5, 0.6) is 0 Å². The van der Waals surface area contributed by atoms with Crippen molar-refractivity contribution in [2.45, 2.75) is 30.5 Å². The first-order valence-electron chi connectivity index (χ1n) is 5.28. The fraction of sp³-hybridized carbons (Fsp3) is 0.455. The summed E-state index contributed by atoms with van der Waals surface area (Å²) < 4.78 is 2.15. The summed E-state index contributed by atoms with van der Waals surface area (Å²) >= 11 is 7.13. The van der Waals surface area contributed by atoms with Crippen molar-refractivity contribution in [3.8, 4) is 0 Å². The van der Waals surface area contributed by atoms with E-state index in [1.54, 1.807) is 11.8 Å². The smallest absolute Gasteiger partial charge is 0.191 e. The SMILES string of the molecule is C=CCn1c(SCC=CCl)nnc1C1CC1. The Morgan fingerprint density at radius 3 is 2.94 bits per heavy atom. The average molecular weight is 256 g/mol. The van der Waals surface area contributed by atoms with Gasteiger partial charge in [-0.15, -0.1) is 16.8 Å². The molecule has 0 aromatic carbocycles. The van der Waals surface area contributed by atoms with Crippen LogP contribution in [0, 0.1) is 0 Å². The molecule has 16 heavy (non-hydrogen) atoms. The predicted octanol–water partition coefficient (Wildman–Crippen LogP) is 3.19. The number of allylic oxidation sites excluding steroid dienone is 1. The molecule has 1 aromatic rings. The minimum absolute atomic E-state index is 0.616. The van der Waals surface area contributed by atoms with E-state index in [4.69, 9.17) is 11.6 Å². The Morgan fingerprint density at radius 1 is 1.50 bits per heavy atom. The molecule has 0 atom stereocenters. The Labute approximate surface area is 105 Å². The van der Waals surface area contributed by atoms with Crippen molar-refractivity contribution in [2.75, 3.05) is 5.75 Å². The molecule has 5 heteroatoms. The summed E-state index contributed by atoms with van der Waals surface area (Å²) in [4.78, 5) is 0. The maximum absolute atomic E-state index is 5.48. The van der Waals surface area contributed by atoms with E-state index in [2.05, 4.69) is 21.3 Å². The molecule has 3 nitrogen and oxygen atoms in total. The molecule has 0 aliphatic heterocycles. The Bertz CT molecular complexity index is 396. The largest absolute Gasteiger partial charge is 0.302 e. The van der Waals surface area contributed by atoms with Gasteiger partial charge in [-0.05, 0) is 12.8 Å². The lowest BCUT2D eigenvalue weighted by Gasteiger charge is -2.05. The van der Waals surface area contributed by atoms with Crippen LogP contribution in [0.25, 0.3) is 0 Å². The number of hydrogen-bond acceptors (Lipinski definition) is 3. The summed E-state index contributed by atoms with van der Waals surface area (Å²) in [5.74, 6) is 2.55. The fourth-order valence-electron chi connectivity index (χ4n) is 1.51. The van der Waals surface area contributed by atoms with Crippen molar-refractivity contribution >= 4 is 23.4 Å². The zero-order chi connectivity index (χ0) is 11.4. The molecule has 1 fully saturated rings. The molecule has 1 aromatic heterocycles. The molecule has 1 aliphatic rings. The van der Waals surface area contributed by atoms with E-state index in [0.29, 0.717) is 5.92 Å². The third-order valence-corrected chi connectivity index (χ3v) is 3.49. The maximum atomic E-state index is 5.48. The van der Waals surface area contributed by atoms with E-state index < -0.39 is 0 Å². The highest BCUT2D eigenvalue weighted by molar-refractivity contribution is 7.99. The van der Waals surface area contributed by atoms with Gasteiger partial charge in [-0.25, -0.2) is 0 Å². The first-order chi connectivity index (χ1) is 7.86. The minimum Gasteiger partial charge on any atom is -0.302 e. The highest BCUT2D eigenvalue weighted by Gasteiger charge is 2.29. The van der Waals surface area contributed by atoms with Gasteiger partial charge < -0.3 is 4.57 Å². The zero-order valence-electron chi connectivity index (χ0n) is 8.97. The summed E-state index contributed by atoms with van der Waals surface area (Å²) in [5.41, 5.74) is 1.53. The molecule has 0 radical (unpaired) electrons. The van der Waals surface area contributed by atoms with Gasteiger partial charge in [0, 0.05) is 23.8 Å². The van der Waals surface area contributed by atoms with Crippen LogP contribution in [0.1, 0.15) is 24.6 Å². The van der Waals surface area contributed by atoms with Gasteiger partial charge in [0.05, 0.1) is 0 Å². The Balaban J connectivity index is 2.12. The Kier molecular flexibility index (Phi) is 4.07. The number of hydrogen-bond donors (Lipinski definition) is 0. The maximum Gasteiger partial charge on any atom is 0.191 e. The third-order valence-electron chi connectivity index (χ3n) is 2.40. The molecule has 0 N–H and O–H groups in total. The summed E-state index contributed by atoms with van der Waals surface area (Å²) in [5, 5.41) is 9.44. The second kappa shape index (κ2) is 5.55. The zero-order valence-corrected chi connectivity index (χ0v) is 10.5. The summed E-state index contributed by atoms with van der Waals surface area (Å²) in [6, 6.07) is 0. The molecule has 0 unspecified atom stereocenters. The van der Waals surface area contributed by atoms with Crippen LogP contribution < -0.4 is 0 Å². The van der Waals surface area contributed by atoms with Gasteiger partial charge in [0.15, 0.2) is 5.16 Å². The molecular formula is C11H14ClN3S. The highest BCUT2D eigenvalue weighted by Crippen LogP contribution is 2.39. The fourth-order valence-corrected chi connectivity index (χ4v) is 2.47. The van der Waals surface area contributed by atoms with E-state index in [-0.39, 0.29) is 0 Å². The Hall–Kier alpha value is -0.740. The lowest BCUT2D eigenvalue weighted by atomic mass is 10.4. The van der Waals surface area contributed by atoms with Crippen molar-refractivity contribution in [3.05, 3.63) is 30.1 Å². The van der Waals surface area contributed by atoms with E-state index in [0.717, 1.165) is 23.3 Å². The van der Waals surface area contributed by atoms with E-state index in [1.165, 1.54) is 18.4 Å². The van der Waals surface area contributed by atoms with Gasteiger partial charge in [0.1, 0.15) is 5.82 Å². The lowest BCUT2D eigenvalue weighted by Crippen LogP contribution is -2.02. The molecule has 0 amide bonds. The Morgan fingerprint density at radius 2 is 2.31 bits per heavy atom. The summed E-state index contributed by atoms with van der Waals surface area (Å²) in [7, 11) is 0. The van der Waals surface area contributed by atoms with Crippen molar-refractivity contribution < 1.29 is 0 Å². The van der Waals surface area contributed by atoms with Gasteiger partial charge in [-0.1, -0.05) is 35.5 Å². The highest BCUT2D eigenvalue weighted by atomic mass is 35.5. The molecular weight excluding hydrogens is 242 g/mol. The van der Waals surface area contributed by atoms with Crippen LogP contribution in [-0.4, -0.2) is 20.5 Å². The van der Waals surface area contributed by atoms with Crippen LogP contribution in [0.4, 0.5) is 0 Å². The molecule has 1 aliphatic carbocycles. The second-order valence-electron chi connectivity index (χ2n) is 3.69. The van der Waals surface area contributed by atoms with Crippen LogP contribution in [0.3, 0.4) is 0 Å². The van der Waals surface area contributed by atoms with Crippen LogP contribution in [0.15, 0.2) is 29.4 Å². The first kappa shape index (κ1) is 11.7. The topological polar surface area (TPSA) is 30.7 Å². The number of thioether (sulfide) groups is 1. The van der Waals surface area contributed by atoms with Gasteiger partial charge >= 0.3 is 0 Å². The van der Waals surface area contributed by atoms with Gasteiger partial charge in [-0.2, -0.15) is 0 Å². The molecule has 0 saturated heterocycles. The number of halogens is 1. The molecule has 1 heterocycles. The van der Waals surface area contributed by atoms with Crippen molar-refractivity contribution in [1.29, 1.82) is 0 Å². The molecule has 1 saturated carbocycles. The molecule has 86 valence electrons. The van der Waals surface area contributed by atoms with Crippen molar-refractivity contribution in [1.82, 2.24) is 14.8 Å². The van der Waals surface area contributed by atoms with E-state index in [9.17, 15) is 0 Å². The quantitative estimate of drug-likeness (QED) is 0.578. The molecule has 2 rings (SSSR count). The number of rotatable bonds is 6. The summed E-state index contributed by atoms with van der Waals surface area (Å²) in [6.45, 7) is 4.56. The first-order valence-corrected chi connectivity index (χ1v) is 6.71. The normalized spacial score (nSPS) is 15.8. The number of nitrogens with zero attached hydrogens (tertiary/aromatic N) is 3. The second-order valence-corrected chi connectivity index (χ2v) is 4.93. The van der Waals surface area contributed by atoms with Crippen LogP contribution in [-0.2, 0) is 6.54 Å². The van der Waals surface area contributed by atoms with Crippen molar-refractivity contribution in [3.63, 3.8) is 0 Å². The standard InChI is InChI=1S/C11H14ClN3S/c1-2-7-15-10(9-4-5-9)13-14-11(15)16-8-3-6-12/h2-3,6,9H,1,4-5,7-8H2. The third kappa shape index (κ3) is 2.68. The van der Waals surface area contributed by atoms with Crippen molar-refractivity contribution in [2.24, 2.45) is 0 Å². The van der Waals surface area contributed by atoms with Gasteiger partial charge in [0.25, 0.3) is 0 Å². The van der Waals surface area contributed by atoms with E-state index >= 15 is 0 Å². The lowest BCUT2D eigenvalue weighted by molar-refractivity contribution is 0.682. The van der Waals surface area contributed by atoms with Gasteiger partial charge in [-0.3, -0.25) is 0 Å². The number of aromatic nitrogens is 3. The predicted molar refractivity (Wildman–Crippen MR) is 67.9 cm³/mol. The minimum atomic E-state index is 0.616. The van der Waals surface area contributed by atoms with E-state index in [1.807, 2.05) is 12.2 Å². The molecule has 0 spiro atoms. The molecule has 0 bridgehead atoms. The monoisotopic (exact) mass is 255 g/mol. The average Bonchev–Trinajstić information content (AvgIpc) is 3.05. The van der Waals surface area contributed by atoms with Crippen LogP contribution >= 0.6 is 23.4 Å². The summed E-state index contributed by atoms with van der Waals surface area (Å²) in [6.07, 6.45) is 6.26. The van der Waals surface area contributed by atoms with Gasteiger partial charge in [0.2, 0.25) is 0 Å².